The fourth-order valence-corrected chi connectivity index (χ4v) is 2.11. The molecule has 0 unspecified atom stereocenters. The maximum atomic E-state index is 8.43. The molecular weight excluding hydrogens is 344 g/mol. The Bertz CT molecular complexity index is 333. The molecule has 0 radical (unpaired) electrons. The monoisotopic (exact) mass is 368 g/mol. The molecular formula is C15H25BrN6. The lowest BCUT2D eigenvalue weighted by molar-refractivity contribution is 0.156. The van der Waals surface area contributed by atoms with Gasteiger partial charge in [-0.1, -0.05) is 22.4 Å². The summed E-state index contributed by atoms with van der Waals surface area (Å²) in [6, 6.07) is 6.10. The van der Waals surface area contributed by atoms with Gasteiger partial charge in [-0.05, 0) is 25.9 Å². The van der Waals surface area contributed by atoms with Crippen molar-refractivity contribution in [3.8, 4) is 18.2 Å². The molecule has 6 nitrogen and oxygen atoms in total. The first kappa shape index (κ1) is 20.8. The Morgan fingerprint density at radius 3 is 1.36 bits per heavy atom. The Morgan fingerprint density at radius 2 is 1.18 bits per heavy atom. The van der Waals surface area contributed by atoms with Gasteiger partial charge in [-0.25, -0.2) is 0 Å². The normalized spacial score (nSPS) is 18.3. The van der Waals surface area contributed by atoms with Crippen LogP contribution in [0.4, 0.5) is 0 Å². The van der Waals surface area contributed by atoms with Crippen LogP contribution in [-0.4, -0.2) is 67.5 Å². The van der Waals surface area contributed by atoms with Crippen molar-refractivity contribution >= 4 is 15.9 Å². The summed E-state index contributed by atoms with van der Waals surface area (Å²) in [5, 5.41) is 28.2. The molecule has 0 aliphatic carbocycles. The van der Waals surface area contributed by atoms with Gasteiger partial charge in [-0.15, -0.1) is 0 Å². The second-order valence-electron chi connectivity index (χ2n) is 4.97. The second-order valence-corrected chi connectivity index (χ2v) is 5.53. The number of nitriles is 3. The smallest absolute Gasteiger partial charge is 0.0905 e. The highest BCUT2D eigenvalue weighted by Gasteiger charge is 2.15. The molecule has 2 aliphatic heterocycles. The van der Waals surface area contributed by atoms with Crippen LogP contribution in [0.5, 0.6) is 0 Å². The van der Waals surface area contributed by atoms with Gasteiger partial charge in [0.25, 0.3) is 0 Å². The van der Waals surface area contributed by atoms with Crippen molar-refractivity contribution in [2.75, 3.05) is 57.7 Å². The molecule has 0 spiro atoms. The van der Waals surface area contributed by atoms with Gasteiger partial charge >= 0.3 is 0 Å². The lowest BCUT2D eigenvalue weighted by Crippen LogP contribution is -2.46. The van der Waals surface area contributed by atoms with Gasteiger partial charge in [0.05, 0.1) is 36.6 Å². The summed E-state index contributed by atoms with van der Waals surface area (Å²) in [6.07, 6.45) is 4.22. The Labute approximate surface area is 142 Å². The number of halogens is 1. The summed E-state index contributed by atoms with van der Waals surface area (Å²) < 4.78 is 0. The van der Waals surface area contributed by atoms with E-state index in [-0.39, 0.29) is 0 Å². The van der Waals surface area contributed by atoms with Crippen LogP contribution in [0.1, 0.15) is 19.3 Å². The second kappa shape index (κ2) is 16.2. The summed E-state index contributed by atoms with van der Waals surface area (Å²) in [5.41, 5.74) is 0. The van der Waals surface area contributed by atoms with Crippen LogP contribution in [0.25, 0.3) is 0 Å². The fourth-order valence-electron chi connectivity index (χ4n) is 2.11. The van der Waals surface area contributed by atoms with Crippen LogP contribution in [0.2, 0.25) is 0 Å². The Balaban J connectivity index is 0.000000366. The van der Waals surface area contributed by atoms with E-state index < -0.39 is 0 Å². The Morgan fingerprint density at radius 1 is 0.773 bits per heavy atom. The van der Waals surface area contributed by atoms with Crippen LogP contribution in [0.3, 0.4) is 0 Å². The number of piperidine rings is 1. The molecule has 2 fully saturated rings. The largest absolute Gasteiger partial charge is 0.317 e. The number of hydrogen-bond acceptors (Lipinski definition) is 6. The van der Waals surface area contributed by atoms with Crippen molar-refractivity contribution in [3.63, 3.8) is 0 Å². The Kier molecular flexibility index (Phi) is 15.3. The van der Waals surface area contributed by atoms with Crippen molar-refractivity contribution in [2.24, 2.45) is 0 Å². The molecule has 22 heavy (non-hydrogen) atoms. The van der Waals surface area contributed by atoms with E-state index in [4.69, 9.17) is 15.8 Å². The molecule has 7 heteroatoms. The quantitative estimate of drug-likeness (QED) is 0.583. The van der Waals surface area contributed by atoms with Gasteiger partial charge in [0.15, 0.2) is 0 Å². The number of alkyl halides is 1. The van der Waals surface area contributed by atoms with Crippen LogP contribution >= 0.6 is 15.9 Å². The third-order valence-electron chi connectivity index (χ3n) is 3.32. The van der Waals surface area contributed by atoms with Gasteiger partial charge in [-0.3, -0.25) is 9.80 Å². The molecule has 122 valence electrons. The summed E-state index contributed by atoms with van der Waals surface area (Å²) >= 11 is 2.89. The van der Waals surface area contributed by atoms with E-state index in [1.807, 2.05) is 6.07 Å². The van der Waals surface area contributed by atoms with E-state index in [9.17, 15) is 0 Å². The molecule has 0 atom stereocenters. The van der Waals surface area contributed by atoms with Gasteiger partial charge in [0.2, 0.25) is 0 Å². The topological polar surface area (TPSA) is 89.9 Å². The van der Waals surface area contributed by atoms with Crippen molar-refractivity contribution in [3.05, 3.63) is 0 Å². The van der Waals surface area contributed by atoms with E-state index in [1.165, 1.54) is 32.4 Å². The summed E-state index contributed by atoms with van der Waals surface area (Å²) in [7, 11) is 0. The zero-order valence-corrected chi connectivity index (χ0v) is 14.7. The molecule has 0 aromatic rings. The zero-order valence-electron chi connectivity index (χ0n) is 13.1. The molecule has 2 heterocycles. The molecule has 2 aliphatic rings. The molecule has 0 aromatic heterocycles. The molecule has 1 N–H and O–H groups in total. The summed E-state index contributed by atoms with van der Waals surface area (Å²) in [5.74, 6) is 0. The summed E-state index contributed by atoms with van der Waals surface area (Å²) in [4.78, 5) is 4.21. The minimum Gasteiger partial charge on any atom is -0.317 e. The maximum absolute atomic E-state index is 8.43. The maximum Gasteiger partial charge on any atom is 0.0905 e. The van der Waals surface area contributed by atoms with Crippen LogP contribution in [0, 0.1) is 34.0 Å². The van der Waals surface area contributed by atoms with E-state index in [2.05, 4.69) is 43.2 Å². The third-order valence-corrected chi connectivity index (χ3v) is 3.57. The van der Waals surface area contributed by atoms with E-state index in [0.717, 1.165) is 26.2 Å². The van der Waals surface area contributed by atoms with E-state index in [0.29, 0.717) is 18.4 Å². The average Bonchev–Trinajstić information content (AvgIpc) is 2.59. The van der Waals surface area contributed by atoms with E-state index in [1.54, 1.807) is 0 Å². The van der Waals surface area contributed by atoms with Gasteiger partial charge in [-0.2, -0.15) is 15.8 Å². The van der Waals surface area contributed by atoms with Crippen LogP contribution in [0.15, 0.2) is 0 Å². The van der Waals surface area contributed by atoms with Gasteiger partial charge < -0.3 is 5.32 Å². The predicted octanol–water partition coefficient (Wildman–Crippen LogP) is 1.32. The highest BCUT2D eigenvalue weighted by atomic mass is 79.9. The Hall–Kier alpha value is -1.17. The highest BCUT2D eigenvalue weighted by molar-refractivity contribution is 9.09. The molecule has 0 aromatic carbocycles. The zero-order chi connectivity index (χ0) is 16.5. The molecule has 0 bridgehead atoms. The molecule has 0 saturated carbocycles. The minimum atomic E-state index is 0.438. The van der Waals surface area contributed by atoms with Crippen LogP contribution in [-0.2, 0) is 0 Å². The molecule has 0 amide bonds. The van der Waals surface area contributed by atoms with Gasteiger partial charge in [0, 0.05) is 26.2 Å². The first-order chi connectivity index (χ1) is 10.8. The standard InChI is InChI=1S/C8H12N4.C5H11N.C2H2BrN/c9-1-3-11-5-7-12(4-2-10)8-6-11;1-2-4-6-5-3-1;3-1-2-4/h3-8H2;6H,1-5H2;1H2. The number of piperazine rings is 1. The summed E-state index contributed by atoms with van der Waals surface area (Å²) in [6.45, 7) is 7.18. The van der Waals surface area contributed by atoms with Gasteiger partial charge in [0.1, 0.15) is 0 Å². The first-order valence-corrected chi connectivity index (χ1v) is 8.72. The number of nitrogens with one attached hydrogen (secondary N) is 1. The highest BCUT2D eigenvalue weighted by Crippen LogP contribution is 1.99. The first-order valence-electron chi connectivity index (χ1n) is 7.60. The molecule has 2 rings (SSSR count). The lowest BCUT2D eigenvalue weighted by Gasteiger charge is -2.31. The fraction of sp³-hybridized carbons (Fsp3) is 0.800. The molecule has 2 saturated heterocycles. The van der Waals surface area contributed by atoms with E-state index >= 15 is 0 Å². The predicted molar refractivity (Wildman–Crippen MR) is 90.2 cm³/mol. The van der Waals surface area contributed by atoms with Crippen molar-refractivity contribution < 1.29 is 0 Å². The van der Waals surface area contributed by atoms with Crippen molar-refractivity contribution in [2.45, 2.75) is 19.3 Å². The SMILES string of the molecule is C1CCNCC1.N#CCBr.N#CCN1CCN(CC#N)CC1. The average molecular weight is 369 g/mol. The third kappa shape index (κ3) is 12.6. The van der Waals surface area contributed by atoms with Crippen LogP contribution < -0.4 is 5.32 Å². The number of hydrogen-bond donors (Lipinski definition) is 1. The minimum absolute atomic E-state index is 0.438. The number of nitrogens with zero attached hydrogens (tertiary/aromatic N) is 5. The number of rotatable bonds is 2. The lowest BCUT2D eigenvalue weighted by atomic mass is 10.2. The van der Waals surface area contributed by atoms with Crippen molar-refractivity contribution in [1.29, 1.82) is 15.8 Å². The van der Waals surface area contributed by atoms with Crippen molar-refractivity contribution in [1.82, 2.24) is 15.1 Å².